The van der Waals surface area contributed by atoms with Crippen LogP contribution in [0.25, 0.3) is 0 Å². The topological polar surface area (TPSA) is 51.2 Å². The van der Waals surface area contributed by atoms with Crippen LogP contribution in [0.2, 0.25) is 4.34 Å². The second kappa shape index (κ2) is 9.06. The number of guanidine groups is 1. The van der Waals surface area contributed by atoms with Crippen LogP contribution in [0, 0.1) is 0 Å². The van der Waals surface area contributed by atoms with Crippen molar-refractivity contribution in [2.45, 2.75) is 32.4 Å². The number of likely N-dealkylation sites (tertiary alicyclic amines) is 1. The number of piperazine rings is 1. The lowest BCUT2D eigenvalue weighted by Gasteiger charge is -2.39. The minimum atomic E-state index is -0.0292. The highest BCUT2D eigenvalue weighted by Crippen LogP contribution is 2.21. The maximum Gasteiger partial charge on any atom is 0.239 e. The Bertz CT molecular complexity index is 635. The highest BCUT2D eigenvalue weighted by molar-refractivity contribution is 7.16. The lowest BCUT2D eigenvalue weighted by Crippen LogP contribution is -2.57. The number of amides is 1. The molecular weight excluding hydrogens is 370 g/mol. The molecule has 0 spiro atoms. The molecule has 1 amide bonds. The quantitative estimate of drug-likeness (QED) is 0.624. The van der Waals surface area contributed by atoms with Crippen molar-refractivity contribution in [1.29, 1.82) is 0 Å². The van der Waals surface area contributed by atoms with E-state index in [0.717, 1.165) is 69.0 Å². The molecule has 2 saturated heterocycles. The van der Waals surface area contributed by atoms with Crippen LogP contribution in [-0.4, -0.2) is 78.9 Å². The zero-order valence-electron chi connectivity index (χ0n) is 15.6. The number of halogens is 1. The first-order valence-corrected chi connectivity index (χ1v) is 10.5. The van der Waals surface area contributed by atoms with E-state index in [9.17, 15) is 4.79 Å². The maximum atomic E-state index is 12.6. The van der Waals surface area contributed by atoms with Crippen molar-refractivity contribution in [1.82, 2.24) is 20.0 Å². The third-order valence-electron chi connectivity index (χ3n) is 5.20. The number of aliphatic imine (C=N–C) groups is 1. The van der Waals surface area contributed by atoms with Crippen molar-refractivity contribution in [2.24, 2.45) is 4.99 Å². The molecule has 1 N–H and O–H groups in total. The standard InChI is InChI=1S/C18H28ClN5OS/c1-14(17(25)23-7-3-4-8-23)22-9-11-24(12-10-22)18(20-2)21-13-15-5-6-16(19)26-15/h5-6,14H,3-4,7-13H2,1-2H3,(H,20,21). The van der Waals surface area contributed by atoms with E-state index in [1.165, 1.54) is 4.88 Å². The molecule has 8 heteroatoms. The number of thiophene rings is 1. The third kappa shape index (κ3) is 4.69. The predicted octanol–water partition coefficient (Wildman–Crippen LogP) is 2.11. The largest absolute Gasteiger partial charge is 0.351 e. The highest BCUT2D eigenvalue weighted by atomic mass is 35.5. The summed E-state index contributed by atoms with van der Waals surface area (Å²) in [6, 6.07) is 3.93. The maximum absolute atomic E-state index is 12.6. The fraction of sp³-hybridized carbons (Fsp3) is 0.667. The summed E-state index contributed by atoms with van der Waals surface area (Å²) in [7, 11) is 1.82. The van der Waals surface area contributed by atoms with Gasteiger partial charge in [-0.15, -0.1) is 11.3 Å². The fourth-order valence-corrected chi connectivity index (χ4v) is 4.65. The molecule has 2 fully saturated rings. The molecule has 1 aromatic rings. The van der Waals surface area contributed by atoms with Crippen molar-refractivity contribution in [2.75, 3.05) is 46.3 Å². The Morgan fingerprint density at radius 1 is 1.19 bits per heavy atom. The minimum absolute atomic E-state index is 0.0292. The van der Waals surface area contributed by atoms with Crippen LogP contribution in [0.5, 0.6) is 0 Å². The lowest BCUT2D eigenvalue weighted by atomic mass is 10.2. The van der Waals surface area contributed by atoms with E-state index in [1.54, 1.807) is 11.3 Å². The first-order chi connectivity index (χ1) is 12.6. The van der Waals surface area contributed by atoms with Crippen molar-refractivity contribution in [3.05, 3.63) is 21.3 Å². The SMILES string of the molecule is CN=C(NCc1ccc(Cl)s1)N1CCN(C(C)C(=O)N2CCCC2)CC1. The summed E-state index contributed by atoms with van der Waals surface area (Å²) in [6.45, 7) is 8.14. The molecule has 0 aliphatic carbocycles. The minimum Gasteiger partial charge on any atom is -0.351 e. The van der Waals surface area contributed by atoms with E-state index in [1.807, 2.05) is 31.0 Å². The Labute approximate surface area is 164 Å². The van der Waals surface area contributed by atoms with Crippen LogP contribution in [0.15, 0.2) is 17.1 Å². The molecule has 0 bridgehead atoms. The van der Waals surface area contributed by atoms with Crippen molar-refractivity contribution in [3.63, 3.8) is 0 Å². The first kappa shape index (κ1) is 19.5. The first-order valence-electron chi connectivity index (χ1n) is 9.31. The normalized spacial score (nSPS) is 20.5. The second-order valence-electron chi connectivity index (χ2n) is 6.84. The number of nitrogens with zero attached hydrogens (tertiary/aromatic N) is 4. The van der Waals surface area contributed by atoms with Gasteiger partial charge in [0, 0.05) is 51.2 Å². The van der Waals surface area contributed by atoms with E-state index in [0.29, 0.717) is 0 Å². The Morgan fingerprint density at radius 3 is 2.46 bits per heavy atom. The van der Waals surface area contributed by atoms with E-state index in [-0.39, 0.29) is 11.9 Å². The summed E-state index contributed by atoms with van der Waals surface area (Å²) in [4.78, 5) is 24.8. The predicted molar refractivity (Wildman–Crippen MR) is 108 cm³/mol. The number of hydrogen-bond acceptors (Lipinski definition) is 4. The molecule has 0 radical (unpaired) electrons. The van der Waals surface area contributed by atoms with Gasteiger partial charge >= 0.3 is 0 Å². The fourth-order valence-electron chi connectivity index (χ4n) is 3.62. The van der Waals surface area contributed by atoms with Gasteiger partial charge in [0.05, 0.1) is 16.9 Å². The number of carbonyl (C=O) groups excluding carboxylic acids is 1. The van der Waals surface area contributed by atoms with Crippen LogP contribution < -0.4 is 5.32 Å². The van der Waals surface area contributed by atoms with Gasteiger partial charge in [-0.3, -0.25) is 14.7 Å². The summed E-state index contributed by atoms with van der Waals surface area (Å²) in [5.41, 5.74) is 0. The molecule has 3 rings (SSSR count). The summed E-state index contributed by atoms with van der Waals surface area (Å²) in [6.07, 6.45) is 2.29. The van der Waals surface area contributed by atoms with E-state index in [4.69, 9.17) is 11.6 Å². The smallest absolute Gasteiger partial charge is 0.239 e. The summed E-state index contributed by atoms with van der Waals surface area (Å²) in [5, 5.41) is 3.41. The van der Waals surface area contributed by atoms with Gasteiger partial charge in [0.25, 0.3) is 0 Å². The molecule has 0 aromatic carbocycles. The third-order valence-corrected chi connectivity index (χ3v) is 6.43. The van der Waals surface area contributed by atoms with Crippen LogP contribution in [0.3, 0.4) is 0 Å². The zero-order valence-corrected chi connectivity index (χ0v) is 17.2. The number of hydrogen-bond donors (Lipinski definition) is 1. The molecule has 6 nitrogen and oxygen atoms in total. The Balaban J connectivity index is 1.47. The molecule has 144 valence electrons. The van der Waals surface area contributed by atoms with E-state index >= 15 is 0 Å². The van der Waals surface area contributed by atoms with Crippen molar-refractivity contribution < 1.29 is 4.79 Å². The molecule has 2 aliphatic heterocycles. The van der Waals surface area contributed by atoms with Gasteiger partial charge in [0.15, 0.2) is 5.96 Å². The average molecular weight is 398 g/mol. The lowest BCUT2D eigenvalue weighted by molar-refractivity contribution is -0.135. The number of carbonyl (C=O) groups is 1. The van der Waals surface area contributed by atoms with Gasteiger partial charge in [-0.2, -0.15) is 0 Å². The molecule has 3 heterocycles. The van der Waals surface area contributed by atoms with Gasteiger partial charge in [-0.1, -0.05) is 11.6 Å². The van der Waals surface area contributed by atoms with Gasteiger partial charge < -0.3 is 15.1 Å². The summed E-state index contributed by atoms with van der Waals surface area (Å²) in [5.74, 6) is 1.20. The molecule has 1 aromatic heterocycles. The van der Waals surface area contributed by atoms with E-state index in [2.05, 4.69) is 20.1 Å². The van der Waals surface area contributed by atoms with Gasteiger partial charge in [0.1, 0.15) is 0 Å². The summed E-state index contributed by atoms with van der Waals surface area (Å²) >= 11 is 7.58. The molecular formula is C18H28ClN5OS. The highest BCUT2D eigenvalue weighted by Gasteiger charge is 2.30. The zero-order chi connectivity index (χ0) is 18.5. The van der Waals surface area contributed by atoms with E-state index < -0.39 is 0 Å². The van der Waals surface area contributed by atoms with Crippen molar-refractivity contribution >= 4 is 34.8 Å². The molecule has 2 aliphatic rings. The van der Waals surface area contributed by atoms with Gasteiger partial charge in [-0.05, 0) is 31.9 Å². The Kier molecular flexibility index (Phi) is 6.78. The van der Waals surface area contributed by atoms with Crippen LogP contribution in [0.4, 0.5) is 0 Å². The van der Waals surface area contributed by atoms with Gasteiger partial charge in [0.2, 0.25) is 5.91 Å². The Hall–Kier alpha value is -1.31. The summed E-state index contributed by atoms with van der Waals surface area (Å²) < 4.78 is 0.807. The second-order valence-corrected chi connectivity index (χ2v) is 8.64. The van der Waals surface area contributed by atoms with Gasteiger partial charge in [-0.25, -0.2) is 0 Å². The van der Waals surface area contributed by atoms with Crippen LogP contribution >= 0.6 is 22.9 Å². The molecule has 1 atom stereocenters. The monoisotopic (exact) mass is 397 g/mol. The van der Waals surface area contributed by atoms with Crippen LogP contribution in [0.1, 0.15) is 24.6 Å². The molecule has 26 heavy (non-hydrogen) atoms. The Morgan fingerprint density at radius 2 is 1.88 bits per heavy atom. The number of rotatable bonds is 4. The van der Waals surface area contributed by atoms with Crippen molar-refractivity contribution in [3.8, 4) is 0 Å². The molecule has 1 unspecified atom stereocenters. The van der Waals surface area contributed by atoms with Crippen LogP contribution in [-0.2, 0) is 11.3 Å². The number of nitrogens with one attached hydrogen (secondary N) is 1. The molecule has 0 saturated carbocycles. The average Bonchev–Trinajstić information content (AvgIpc) is 3.33.